The van der Waals surface area contributed by atoms with Gasteiger partial charge in [-0.2, -0.15) is 5.10 Å². The molecule has 1 atom stereocenters. The number of methoxy groups -OCH3 is 1. The van der Waals surface area contributed by atoms with E-state index in [0.29, 0.717) is 18.8 Å². The van der Waals surface area contributed by atoms with Crippen molar-refractivity contribution in [2.45, 2.75) is 63.8 Å². The molecule has 1 aliphatic carbocycles. The van der Waals surface area contributed by atoms with Gasteiger partial charge in [0, 0.05) is 55.2 Å². The number of esters is 1. The van der Waals surface area contributed by atoms with Gasteiger partial charge in [0.05, 0.1) is 13.3 Å². The number of urea groups is 1. The van der Waals surface area contributed by atoms with E-state index >= 15 is 0 Å². The third-order valence-corrected chi connectivity index (χ3v) is 7.86. The van der Waals surface area contributed by atoms with Gasteiger partial charge in [-0.1, -0.05) is 30.3 Å². The number of hydrogen-bond donors (Lipinski definition) is 3. The lowest BCUT2D eigenvalue weighted by Gasteiger charge is -2.36. The number of anilines is 1. The topological polar surface area (TPSA) is 129 Å². The molecule has 0 bridgehead atoms. The van der Waals surface area contributed by atoms with E-state index in [9.17, 15) is 14.4 Å². The average Bonchev–Trinajstić information content (AvgIpc) is 3.70. The van der Waals surface area contributed by atoms with Gasteiger partial charge in [0.1, 0.15) is 12.3 Å². The number of aromatic amines is 1. The molecule has 1 saturated carbocycles. The normalized spacial score (nSPS) is 16.7. The molecule has 5 rings (SSSR count). The molecule has 43 heavy (non-hydrogen) atoms. The van der Waals surface area contributed by atoms with Crippen LogP contribution in [0.3, 0.4) is 0 Å². The Kier molecular flexibility index (Phi) is 9.18. The number of nitrogens with one attached hydrogen (secondary N) is 3. The second kappa shape index (κ2) is 13.2. The van der Waals surface area contributed by atoms with Crippen LogP contribution >= 0.6 is 0 Å². The number of piperidine rings is 1. The maximum absolute atomic E-state index is 13.5. The van der Waals surface area contributed by atoms with E-state index in [-0.39, 0.29) is 24.7 Å². The molecule has 1 aromatic heterocycles. The number of nitrogens with zero attached hydrogens (tertiary/aromatic N) is 3. The van der Waals surface area contributed by atoms with E-state index in [1.807, 2.05) is 29.3 Å². The molecule has 3 N–H and O–H groups in total. The molecule has 2 aromatic carbocycles. The van der Waals surface area contributed by atoms with Crippen molar-refractivity contribution < 1.29 is 23.9 Å². The minimum atomic E-state index is -1.20. The van der Waals surface area contributed by atoms with E-state index in [2.05, 4.69) is 54.7 Å². The summed E-state index contributed by atoms with van der Waals surface area (Å²) < 4.78 is 10.6. The molecule has 11 heteroatoms. The Balaban J connectivity index is 1.17. The lowest BCUT2D eigenvalue weighted by Crippen LogP contribution is -2.52. The Labute approximate surface area is 251 Å². The number of rotatable bonds is 11. The maximum Gasteiger partial charge on any atom is 0.325 e. The molecule has 0 radical (unpaired) electrons. The van der Waals surface area contributed by atoms with Gasteiger partial charge >= 0.3 is 12.0 Å². The van der Waals surface area contributed by atoms with E-state index in [0.717, 1.165) is 54.6 Å². The van der Waals surface area contributed by atoms with E-state index < -0.39 is 17.5 Å². The minimum Gasteiger partial charge on any atom is -0.478 e. The summed E-state index contributed by atoms with van der Waals surface area (Å²) in [5, 5.41) is 12.7. The summed E-state index contributed by atoms with van der Waals surface area (Å²) in [7, 11) is 1.27. The zero-order chi connectivity index (χ0) is 30.4. The number of aromatic nitrogens is 2. The highest BCUT2D eigenvalue weighted by molar-refractivity contribution is 5.87. The summed E-state index contributed by atoms with van der Waals surface area (Å²) in [6, 6.07) is 16.1. The van der Waals surface area contributed by atoms with Gasteiger partial charge in [-0.15, -0.1) is 0 Å². The van der Waals surface area contributed by atoms with E-state index in [1.165, 1.54) is 7.11 Å². The second-order valence-corrected chi connectivity index (χ2v) is 11.6. The first-order valence-corrected chi connectivity index (χ1v) is 14.8. The van der Waals surface area contributed by atoms with Crippen LogP contribution in [0.2, 0.25) is 0 Å². The monoisotopic (exact) mass is 588 g/mol. The lowest BCUT2D eigenvalue weighted by atomic mass is 10.0. The smallest absolute Gasteiger partial charge is 0.325 e. The number of amides is 3. The minimum absolute atomic E-state index is 0.0103. The maximum atomic E-state index is 13.5. The fraction of sp³-hybridized carbons (Fsp3) is 0.438. The summed E-state index contributed by atoms with van der Waals surface area (Å²) in [5.74, 6) is -0.406. The first-order chi connectivity index (χ1) is 20.7. The first kappa shape index (κ1) is 29.9. The predicted octanol–water partition coefficient (Wildman–Crippen LogP) is 3.87. The highest BCUT2D eigenvalue weighted by Gasteiger charge is 2.34. The highest BCUT2D eigenvalue weighted by atomic mass is 16.5. The quantitative estimate of drug-likeness (QED) is 0.290. The first-order valence-electron chi connectivity index (χ1n) is 14.8. The third kappa shape index (κ3) is 7.85. The fourth-order valence-electron chi connectivity index (χ4n) is 5.27. The van der Waals surface area contributed by atoms with E-state index in [1.54, 1.807) is 26.1 Å². The molecule has 11 nitrogen and oxygen atoms in total. The van der Waals surface area contributed by atoms with Gasteiger partial charge in [0.2, 0.25) is 0 Å². The van der Waals surface area contributed by atoms with Crippen molar-refractivity contribution >= 4 is 23.6 Å². The standard InChI is InChI=1S/C32H40N6O5/c1-32(2,30(40)33-19-29(39)42-3)43-28-8-4-7-27(16-28)37-15-5-6-25(21-37)36-31(41)38(26-13-14-26)20-22-9-11-23(12-10-22)24-17-34-35-18-24/h4,7-12,16-18,25-26H,5-6,13-15,19-21H2,1-3H3,(H,33,40)(H,34,35)(H,36,41)/t25-/m0/s1. The SMILES string of the molecule is COC(=O)CNC(=O)C(C)(C)Oc1cccc(N2CCC[C@H](NC(=O)N(Cc3ccc(-c4cn[nH]c4)cc3)C3CC3)C2)c1. The van der Waals surface area contributed by atoms with Crippen molar-refractivity contribution in [2.24, 2.45) is 0 Å². The average molecular weight is 589 g/mol. The molecule has 1 saturated heterocycles. The van der Waals surface area contributed by atoms with Crippen LogP contribution in [-0.2, 0) is 20.9 Å². The van der Waals surface area contributed by atoms with Crippen LogP contribution in [-0.4, -0.2) is 77.4 Å². The number of ether oxygens (including phenoxy) is 2. The van der Waals surface area contributed by atoms with Crippen molar-refractivity contribution in [3.05, 3.63) is 66.5 Å². The predicted molar refractivity (Wildman–Crippen MR) is 163 cm³/mol. The second-order valence-electron chi connectivity index (χ2n) is 11.6. The van der Waals surface area contributed by atoms with Crippen LogP contribution in [0.25, 0.3) is 11.1 Å². The third-order valence-electron chi connectivity index (χ3n) is 7.86. The number of benzene rings is 2. The lowest BCUT2D eigenvalue weighted by molar-refractivity contribution is -0.143. The number of H-pyrrole nitrogens is 1. The van der Waals surface area contributed by atoms with Gasteiger partial charge in [0.25, 0.3) is 5.91 Å². The fourth-order valence-corrected chi connectivity index (χ4v) is 5.27. The Morgan fingerprint density at radius 2 is 1.88 bits per heavy atom. The van der Waals surface area contributed by atoms with Crippen LogP contribution in [0.4, 0.5) is 10.5 Å². The van der Waals surface area contributed by atoms with Gasteiger partial charge in [-0.3, -0.25) is 14.7 Å². The Hall–Kier alpha value is -4.54. The number of carbonyl (C=O) groups is 3. The summed E-state index contributed by atoms with van der Waals surface area (Å²) in [6.07, 6.45) is 7.57. The van der Waals surface area contributed by atoms with Crippen LogP contribution in [0.5, 0.6) is 5.75 Å². The van der Waals surface area contributed by atoms with Gasteiger partial charge in [-0.25, -0.2) is 4.79 Å². The molecular formula is C32H40N6O5. The van der Waals surface area contributed by atoms with Crippen LogP contribution in [0, 0.1) is 0 Å². The number of carbonyl (C=O) groups excluding carboxylic acids is 3. The van der Waals surface area contributed by atoms with Crippen molar-refractivity contribution in [1.82, 2.24) is 25.7 Å². The Bertz CT molecular complexity index is 1400. The highest BCUT2D eigenvalue weighted by Crippen LogP contribution is 2.30. The molecule has 0 unspecified atom stereocenters. The summed E-state index contributed by atoms with van der Waals surface area (Å²) >= 11 is 0. The van der Waals surface area contributed by atoms with Gasteiger partial charge in [0.15, 0.2) is 5.60 Å². The van der Waals surface area contributed by atoms with Crippen LogP contribution in [0.1, 0.15) is 45.1 Å². The van der Waals surface area contributed by atoms with Gasteiger partial charge in [-0.05, 0) is 62.8 Å². The van der Waals surface area contributed by atoms with Crippen molar-refractivity contribution in [3.63, 3.8) is 0 Å². The summed E-state index contributed by atoms with van der Waals surface area (Å²) in [4.78, 5) is 41.7. The zero-order valence-electron chi connectivity index (χ0n) is 25.0. The summed E-state index contributed by atoms with van der Waals surface area (Å²) in [6.45, 7) is 5.18. The van der Waals surface area contributed by atoms with E-state index in [4.69, 9.17) is 4.74 Å². The molecule has 3 amide bonds. The molecular weight excluding hydrogens is 548 g/mol. The van der Waals surface area contributed by atoms with Crippen molar-refractivity contribution in [3.8, 4) is 16.9 Å². The van der Waals surface area contributed by atoms with Gasteiger partial charge < -0.3 is 29.9 Å². The Morgan fingerprint density at radius 1 is 1.09 bits per heavy atom. The molecule has 2 heterocycles. The molecule has 0 spiro atoms. The van der Waals surface area contributed by atoms with Crippen LogP contribution < -0.4 is 20.3 Å². The molecule has 2 aliphatic rings. The van der Waals surface area contributed by atoms with Crippen molar-refractivity contribution in [2.75, 3.05) is 31.6 Å². The van der Waals surface area contributed by atoms with Crippen LogP contribution in [0.15, 0.2) is 60.9 Å². The Morgan fingerprint density at radius 3 is 2.58 bits per heavy atom. The zero-order valence-corrected chi connectivity index (χ0v) is 25.0. The van der Waals surface area contributed by atoms with Crippen molar-refractivity contribution in [1.29, 1.82) is 0 Å². The summed E-state index contributed by atoms with van der Waals surface area (Å²) in [5.41, 5.74) is 2.98. The number of hydrogen-bond acceptors (Lipinski definition) is 7. The molecule has 228 valence electrons. The molecule has 1 aliphatic heterocycles. The molecule has 2 fully saturated rings. The largest absolute Gasteiger partial charge is 0.478 e. The molecule has 3 aromatic rings.